The minimum atomic E-state index is -0.375. The van der Waals surface area contributed by atoms with Crippen LogP contribution in [0.2, 0.25) is 0 Å². The molecule has 8 nitrogen and oxygen atoms in total. The maximum Gasteiger partial charge on any atom is 0.322 e. The highest BCUT2D eigenvalue weighted by Gasteiger charge is 2.17. The molecule has 0 saturated heterocycles. The molecule has 0 aromatic rings. The molecule has 5 N–H and O–H groups in total. The second-order valence-corrected chi connectivity index (χ2v) is 4.08. The Kier molecular flexibility index (Phi) is 11.8. The highest BCUT2D eigenvalue weighted by Crippen LogP contribution is 2.00. The normalized spacial score (nSPS) is 11.9. The Morgan fingerprint density at radius 2 is 2.00 bits per heavy atom. The highest BCUT2D eigenvalue weighted by molar-refractivity contribution is 5.76. The summed E-state index contributed by atoms with van der Waals surface area (Å²) in [6.07, 6.45) is 1.29. The van der Waals surface area contributed by atoms with E-state index in [1.807, 2.05) is 0 Å². The predicted molar refractivity (Wildman–Crippen MR) is 76.4 cm³/mol. The third-order valence-corrected chi connectivity index (χ3v) is 2.50. The van der Waals surface area contributed by atoms with Crippen molar-refractivity contribution in [3.05, 3.63) is 0 Å². The molecule has 0 radical (unpaired) electrons. The largest absolute Gasteiger partial charge is 0.468 e. The molecule has 8 heteroatoms. The molecule has 0 amide bonds. The van der Waals surface area contributed by atoms with Crippen LogP contribution in [0.1, 0.15) is 12.8 Å². The van der Waals surface area contributed by atoms with Gasteiger partial charge in [-0.3, -0.25) is 9.79 Å². The Morgan fingerprint density at radius 1 is 1.25 bits per heavy atom. The summed E-state index contributed by atoms with van der Waals surface area (Å²) in [6, 6.07) is -0.375. The van der Waals surface area contributed by atoms with Gasteiger partial charge in [-0.05, 0) is 12.8 Å². The van der Waals surface area contributed by atoms with E-state index in [0.29, 0.717) is 45.8 Å². The quantitative estimate of drug-likeness (QED) is 0.179. The maximum absolute atomic E-state index is 11.6. The second-order valence-electron chi connectivity index (χ2n) is 4.08. The zero-order chi connectivity index (χ0) is 15.2. The summed E-state index contributed by atoms with van der Waals surface area (Å²) in [6.45, 7) is 2.64. The van der Waals surface area contributed by atoms with E-state index in [1.54, 1.807) is 7.11 Å². The Bertz CT molecular complexity index is 283. The van der Waals surface area contributed by atoms with Gasteiger partial charge in [-0.25, -0.2) is 0 Å². The van der Waals surface area contributed by atoms with Crippen LogP contribution in [-0.2, 0) is 19.0 Å². The molecule has 118 valence electrons. The Balaban J connectivity index is 3.85. The third-order valence-electron chi connectivity index (χ3n) is 2.50. The average molecular weight is 290 g/mol. The van der Waals surface area contributed by atoms with Crippen LogP contribution >= 0.6 is 0 Å². The van der Waals surface area contributed by atoms with Gasteiger partial charge in [-0.15, -0.1) is 0 Å². The summed E-state index contributed by atoms with van der Waals surface area (Å²) in [4.78, 5) is 15.4. The summed E-state index contributed by atoms with van der Waals surface area (Å²) in [5, 5.41) is 3.08. The second kappa shape index (κ2) is 12.6. The van der Waals surface area contributed by atoms with E-state index in [2.05, 4.69) is 10.3 Å². The fourth-order valence-corrected chi connectivity index (χ4v) is 1.50. The van der Waals surface area contributed by atoms with Crippen molar-refractivity contribution >= 4 is 11.9 Å². The Morgan fingerprint density at radius 3 is 2.60 bits per heavy atom. The summed E-state index contributed by atoms with van der Waals surface area (Å²) < 4.78 is 14.9. The molecule has 1 atom stereocenters. The molecule has 0 fully saturated rings. The zero-order valence-electron chi connectivity index (χ0n) is 12.3. The van der Waals surface area contributed by atoms with E-state index in [0.717, 1.165) is 0 Å². The number of aliphatic imine (C=N–C) groups is 1. The van der Waals surface area contributed by atoms with Crippen molar-refractivity contribution in [1.82, 2.24) is 5.32 Å². The van der Waals surface area contributed by atoms with Gasteiger partial charge in [-0.1, -0.05) is 0 Å². The molecule has 0 aliphatic rings. The van der Waals surface area contributed by atoms with Gasteiger partial charge in [0, 0.05) is 20.2 Å². The van der Waals surface area contributed by atoms with Gasteiger partial charge in [-0.2, -0.15) is 0 Å². The number of nitrogens with zero attached hydrogens (tertiary/aromatic N) is 1. The van der Waals surface area contributed by atoms with E-state index >= 15 is 0 Å². The molecule has 0 aromatic heterocycles. The Labute approximate surface area is 119 Å². The van der Waals surface area contributed by atoms with Gasteiger partial charge in [0.15, 0.2) is 5.96 Å². The van der Waals surface area contributed by atoms with E-state index in [9.17, 15) is 4.79 Å². The molecule has 0 saturated carbocycles. The van der Waals surface area contributed by atoms with Crippen molar-refractivity contribution in [3.63, 3.8) is 0 Å². The summed E-state index contributed by atoms with van der Waals surface area (Å²) >= 11 is 0. The van der Waals surface area contributed by atoms with Crippen LogP contribution in [0.3, 0.4) is 0 Å². The lowest BCUT2D eigenvalue weighted by atomic mass is 10.1. The van der Waals surface area contributed by atoms with Crippen molar-refractivity contribution in [2.75, 3.05) is 47.1 Å². The molecule has 20 heavy (non-hydrogen) atoms. The van der Waals surface area contributed by atoms with E-state index in [4.69, 9.17) is 25.7 Å². The first-order valence-electron chi connectivity index (χ1n) is 6.55. The number of guanidine groups is 1. The summed E-state index contributed by atoms with van der Waals surface area (Å²) in [7, 11) is 2.98. The number of esters is 1. The topological polar surface area (TPSA) is 121 Å². The van der Waals surface area contributed by atoms with Crippen LogP contribution in [-0.4, -0.2) is 65.1 Å². The molecule has 0 aromatic carbocycles. The Hall–Kier alpha value is -1.38. The van der Waals surface area contributed by atoms with Crippen LogP contribution in [0, 0.1) is 0 Å². The van der Waals surface area contributed by atoms with Gasteiger partial charge >= 0.3 is 5.97 Å². The SMILES string of the molecule is COCCOCCN[C@@H](CCCN=C(N)N)C(=O)OC. The van der Waals surface area contributed by atoms with Gasteiger partial charge in [0.25, 0.3) is 0 Å². The molecular weight excluding hydrogens is 264 g/mol. The van der Waals surface area contributed by atoms with Crippen molar-refractivity contribution in [3.8, 4) is 0 Å². The van der Waals surface area contributed by atoms with Crippen LogP contribution in [0.15, 0.2) is 4.99 Å². The number of nitrogens with two attached hydrogens (primary N) is 2. The molecule has 0 unspecified atom stereocenters. The fraction of sp³-hybridized carbons (Fsp3) is 0.833. The van der Waals surface area contributed by atoms with Crippen molar-refractivity contribution in [2.45, 2.75) is 18.9 Å². The lowest BCUT2D eigenvalue weighted by molar-refractivity contribution is -0.143. The number of hydrogen-bond donors (Lipinski definition) is 3. The lowest BCUT2D eigenvalue weighted by Gasteiger charge is -2.16. The van der Waals surface area contributed by atoms with Crippen LogP contribution < -0.4 is 16.8 Å². The van der Waals surface area contributed by atoms with Crippen LogP contribution in [0.25, 0.3) is 0 Å². The molecule has 0 rings (SSSR count). The smallest absolute Gasteiger partial charge is 0.322 e. The first-order chi connectivity index (χ1) is 9.61. The van der Waals surface area contributed by atoms with Gasteiger partial charge in [0.05, 0.1) is 26.9 Å². The summed E-state index contributed by atoms with van der Waals surface area (Å²) in [5.74, 6) is -0.245. The van der Waals surface area contributed by atoms with E-state index < -0.39 is 0 Å². The summed E-state index contributed by atoms with van der Waals surface area (Å²) in [5.41, 5.74) is 10.5. The van der Waals surface area contributed by atoms with Crippen molar-refractivity contribution < 1.29 is 19.0 Å². The molecule has 0 aliphatic carbocycles. The van der Waals surface area contributed by atoms with Crippen LogP contribution in [0.4, 0.5) is 0 Å². The number of methoxy groups -OCH3 is 2. The zero-order valence-corrected chi connectivity index (χ0v) is 12.3. The van der Waals surface area contributed by atoms with Gasteiger partial charge < -0.3 is 31.0 Å². The van der Waals surface area contributed by atoms with Gasteiger partial charge in [0.2, 0.25) is 0 Å². The molecular formula is C12H26N4O4. The number of rotatable bonds is 12. The average Bonchev–Trinajstić information content (AvgIpc) is 2.43. The third kappa shape index (κ3) is 10.5. The molecule has 0 spiro atoms. The van der Waals surface area contributed by atoms with E-state index in [-0.39, 0.29) is 18.0 Å². The van der Waals surface area contributed by atoms with E-state index in [1.165, 1.54) is 7.11 Å². The number of ether oxygens (including phenoxy) is 3. The van der Waals surface area contributed by atoms with Crippen molar-refractivity contribution in [1.29, 1.82) is 0 Å². The number of carbonyl (C=O) groups excluding carboxylic acids is 1. The number of nitrogens with one attached hydrogen (secondary N) is 1. The minimum Gasteiger partial charge on any atom is -0.468 e. The molecule has 0 bridgehead atoms. The highest BCUT2D eigenvalue weighted by atomic mass is 16.5. The fourth-order valence-electron chi connectivity index (χ4n) is 1.50. The van der Waals surface area contributed by atoms with Crippen LogP contribution in [0.5, 0.6) is 0 Å². The predicted octanol–water partition coefficient (Wildman–Crippen LogP) is -1.17. The maximum atomic E-state index is 11.6. The monoisotopic (exact) mass is 290 g/mol. The number of hydrogen-bond acceptors (Lipinski definition) is 6. The molecule has 0 heterocycles. The standard InChI is InChI=1S/C12H26N4O4/c1-18-8-9-20-7-6-15-10(11(17)19-2)4-3-5-16-12(13)14/h10,15H,3-9H2,1-2H3,(H4,13,14,16)/t10-/m0/s1. The van der Waals surface area contributed by atoms with Gasteiger partial charge in [0.1, 0.15) is 6.04 Å². The first-order valence-corrected chi connectivity index (χ1v) is 6.55. The minimum absolute atomic E-state index is 0.0547. The molecule has 0 aliphatic heterocycles. The lowest BCUT2D eigenvalue weighted by Crippen LogP contribution is -2.39. The first kappa shape index (κ1) is 18.6. The number of carbonyl (C=O) groups is 1. The van der Waals surface area contributed by atoms with Crippen molar-refractivity contribution in [2.24, 2.45) is 16.5 Å².